The van der Waals surface area contributed by atoms with E-state index in [1.165, 1.54) is 11.6 Å². The molecule has 1 N–H and O–H groups in total. The maximum absolute atomic E-state index is 11.9. The third kappa shape index (κ3) is 6.05. The van der Waals surface area contributed by atoms with Gasteiger partial charge in [0.05, 0.1) is 0 Å². The van der Waals surface area contributed by atoms with Crippen LogP contribution in [0.15, 0.2) is 48.5 Å². The van der Waals surface area contributed by atoms with Crippen molar-refractivity contribution in [1.82, 2.24) is 0 Å². The van der Waals surface area contributed by atoms with Gasteiger partial charge in [-0.2, -0.15) is 0 Å². The summed E-state index contributed by atoms with van der Waals surface area (Å²) in [6.45, 7) is 5.73. The zero-order chi connectivity index (χ0) is 19.1. The predicted molar refractivity (Wildman–Crippen MR) is 105 cm³/mol. The van der Waals surface area contributed by atoms with Gasteiger partial charge in [-0.25, -0.2) is 4.79 Å². The lowest BCUT2D eigenvalue weighted by atomic mass is 10.0. The molecule has 0 heterocycles. The van der Waals surface area contributed by atoms with Crippen molar-refractivity contribution in [2.45, 2.75) is 26.7 Å². The van der Waals surface area contributed by atoms with Crippen LogP contribution in [0.25, 0.3) is 6.08 Å². The largest absolute Gasteiger partial charge is 0.452 e. The number of esters is 1. The lowest BCUT2D eigenvalue weighted by molar-refractivity contribution is -0.142. The van der Waals surface area contributed by atoms with Gasteiger partial charge in [0, 0.05) is 16.8 Å². The van der Waals surface area contributed by atoms with Gasteiger partial charge in [-0.15, -0.1) is 0 Å². The van der Waals surface area contributed by atoms with Crippen LogP contribution in [0.3, 0.4) is 0 Å². The fourth-order valence-electron chi connectivity index (χ4n) is 2.29. The summed E-state index contributed by atoms with van der Waals surface area (Å²) in [6.07, 6.45) is 2.97. The Bertz CT molecular complexity index is 811. The van der Waals surface area contributed by atoms with Gasteiger partial charge < -0.3 is 10.1 Å². The molecule has 0 aliphatic heterocycles. The molecule has 0 atom stereocenters. The Labute approximate surface area is 158 Å². The minimum absolute atomic E-state index is 0.350. The highest BCUT2D eigenvalue weighted by atomic mass is 35.5. The van der Waals surface area contributed by atoms with Gasteiger partial charge in [0.15, 0.2) is 6.61 Å². The molecule has 2 rings (SSSR count). The minimum atomic E-state index is -0.569. The smallest absolute Gasteiger partial charge is 0.331 e. The van der Waals surface area contributed by atoms with Crippen LogP contribution in [-0.4, -0.2) is 18.5 Å². The second kappa shape index (κ2) is 9.20. The van der Waals surface area contributed by atoms with E-state index in [-0.39, 0.29) is 6.61 Å². The molecule has 0 fully saturated rings. The van der Waals surface area contributed by atoms with E-state index < -0.39 is 11.9 Å². The van der Waals surface area contributed by atoms with Crippen LogP contribution in [0, 0.1) is 6.92 Å². The average Bonchev–Trinajstić information content (AvgIpc) is 2.61. The highest BCUT2D eigenvalue weighted by molar-refractivity contribution is 6.30. The van der Waals surface area contributed by atoms with Gasteiger partial charge in [0.25, 0.3) is 5.91 Å². The summed E-state index contributed by atoms with van der Waals surface area (Å²) in [6, 6.07) is 13.1. The Morgan fingerprint density at radius 1 is 1.15 bits per heavy atom. The van der Waals surface area contributed by atoms with Crippen molar-refractivity contribution >= 4 is 35.2 Å². The van der Waals surface area contributed by atoms with Gasteiger partial charge in [-0.05, 0) is 53.8 Å². The quantitative estimate of drug-likeness (QED) is 0.576. The number of hydrogen-bond donors (Lipinski definition) is 1. The Morgan fingerprint density at radius 2 is 1.85 bits per heavy atom. The monoisotopic (exact) mass is 371 g/mol. The topological polar surface area (TPSA) is 55.4 Å². The van der Waals surface area contributed by atoms with Gasteiger partial charge in [-0.1, -0.05) is 49.7 Å². The van der Waals surface area contributed by atoms with Crippen LogP contribution in [0.2, 0.25) is 5.02 Å². The SMILES string of the molecule is Cc1cc(Cl)ccc1NC(=O)COC(=O)C=Cc1ccc(C(C)C)cc1. The Morgan fingerprint density at radius 3 is 2.46 bits per heavy atom. The number of halogens is 1. The first kappa shape index (κ1) is 19.7. The number of nitrogens with one attached hydrogen (secondary N) is 1. The van der Waals surface area contributed by atoms with E-state index in [0.29, 0.717) is 16.6 Å². The van der Waals surface area contributed by atoms with Crippen molar-refractivity contribution in [3.05, 3.63) is 70.3 Å². The third-order valence-corrected chi connectivity index (χ3v) is 4.06. The molecular weight excluding hydrogens is 350 g/mol. The van der Waals surface area contributed by atoms with Gasteiger partial charge in [0.2, 0.25) is 0 Å². The van der Waals surface area contributed by atoms with Crippen molar-refractivity contribution in [3.8, 4) is 0 Å². The molecule has 0 unspecified atom stereocenters. The summed E-state index contributed by atoms with van der Waals surface area (Å²) in [5, 5.41) is 3.28. The summed E-state index contributed by atoms with van der Waals surface area (Å²) < 4.78 is 4.96. The van der Waals surface area contributed by atoms with Crippen molar-refractivity contribution in [2.24, 2.45) is 0 Å². The molecule has 1 amide bonds. The number of amides is 1. The number of carbonyl (C=O) groups is 2. The zero-order valence-electron chi connectivity index (χ0n) is 15.1. The highest BCUT2D eigenvalue weighted by Gasteiger charge is 2.07. The molecule has 26 heavy (non-hydrogen) atoms. The number of anilines is 1. The number of hydrogen-bond acceptors (Lipinski definition) is 3. The van der Waals surface area contributed by atoms with E-state index in [9.17, 15) is 9.59 Å². The van der Waals surface area contributed by atoms with Crippen molar-refractivity contribution < 1.29 is 14.3 Å². The molecular formula is C21H22ClNO3. The molecule has 5 heteroatoms. The maximum Gasteiger partial charge on any atom is 0.331 e. The summed E-state index contributed by atoms with van der Waals surface area (Å²) in [7, 11) is 0. The standard InChI is InChI=1S/C21H22ClNO3/c1-14(2)17-7-4-16(5-8-17)6-11-21(25)26-13-20(24)23-19-10-9-18(22)12-15(19)3/h4-12,14H,13H2,1-3H3,(H,23,24). The maximum atomic E-state index is 11.9. The fraction of sp³-hybridized carbons (Fsp3) is 0.238. The summed E-state index contributed by atoms with van der Waals surface area (Å²) >= 11 is 5.88. The van der Waals surface area contributed by atoms with Crippen molar-refractivity contribution in [2.75, 3.05) is 11.9 Å². The average molecular weight is 372 g/mol. The number of rotatable bonds is 6. The fourth-order valence-corrected chi connectivity index (χ4v) is 2.52. The van der Waals surface area contributed by atoms with E-state index >= 15 is 0 Å². The normalized spacial score (nSPS) is 11.0. The highest BCUT2D eigenvalue weighted by Crippen LogP contribution is 2.19. The molecule has 0 spiro atoms. The molecule has 0 saturated heterocycles. The number of ether oxygens (including phenoxy) is 1. The first-order valence-electron chi connectivity index (χ1n) is 8.36. The van der Waals surface area contributed by atoms with E-state index in [0.717, 1.165) is 11.1 Å². The van der Waals surface area contributed by atoms with Crippen LogP contribution in [-0.2, 0) is 14.3 Å². The summed E-state index contributed by atoms with van der Waals surface area (Å²) in [5.74, 6) is -0.514. The van der Waals surface area contributed by atoms with E-state index in [2.05, 4.69) is 19.2 Å². The lowest BCUT2D eigenvalue weighted by Gasteiger charge is -2.08. The Hall–Kier alpha value is -2.59. The van der Waals surface area contributed by atoms with Crippen LogP contribution in [0.5, 0.6) is 0 Å². The van der Waals surface area contributed by atoms with Crippen molar-refractivity contribution in [1.29, 1.82) is 0 Å². The first-order valence-corrected chi connectivity index (χ1v) is 8.74. The molecule has 0 saturated carbocycles. The van der Waals surface area contributed by atoms with Crippen LogP contribution >= 0.6 is 11.6 Å². The second-order valence-electron chi connectivity index (χ2n) is 6.27. The molecule has 0 aliphatic carbocycles. The van der Waals surface area contributed by atoms with E-state index in [4.69, 9.17) is 16.3 Å². The molecule has 2 aromatic rings. The van der Waals surface area contributed by atoms with Crippen molar-refractivity contribution in [3.63, 3.8) is 0 Å². The lowest BCUT2D eigenvalue weighted by Crippen LogP contribution is -2.20. The third-order valence-electron chi connectivity index (χ3n) is 3.82. The van der Waals surface area contributed by atoms with Gasteiger partial charge in [-0.3, -0.25) is 4.79 Å². The minimum Gasteiger partial charge on any atom is -0.452 e. The Kier molecular flexibility index (Phi) is 6.98. The van der Waals surface area contributed by atoms with Crippen LogP contribution in [0.4, 0.5) is 5.69 Å². The summed E-state index contributed by atoms with van der Waals surface area (Å²) in [5.41, 5.74) is 3.60. The molecule has 0 bridgehead atoms. The van der Waals surface area contributed by atoms with E-state index in [1.807, 2.05) is 31.2 Å². The molecule has 2 aromatic carbocycles. The molecule has 4 nitrogen and oxygen atoms in total. The van der Waals surface area contributed by atoms with Gasteiger partial charge >= 0.3 is 5.97 Å². The zero-order valence-corrected chi connectivity index (χ0v) is 15.8. The predicted octanol–water partition coefficient (Wildman–Crippen LogP) is 4.97. The van der Waals surface area contributed by atoms with E-state index in [1.54, 1.807) is 24.3 Å². The first-order chi connectivity index (χ1) is 12.3. The van der Waals surface area contributed by atoms with Crippen LogP contribution < -0.4 is 5.32 Å². The number of carbonyl (C=O) groups excluding carboxylic acids is 2. The molecule has 0 aromatic heterocycles. The molecule has 0 radical (unpaired) electrons. The molecule has 0 aliphatic rings. The Balaban J connectivity index is 1.83. The second-order valence-corrected chi connectivity index (χ2v) is 6.71. The number of benzene rings is 2. The summed E-state index contributed by atoms with van der Waals surface area (Å²) in [4.78, 5) is 23.6. The van der Waals surface area contributed by atoms with Crippen LogP contribution in [0.1, 0.15) is 36.5 Å². The number of aryl methyl sites for hydroxylation is 1. The van der Waals surface area contributed by atoms with Gasteiger partial charge in [0.1, 0.15) is 0 Å². The molecule has 136 valence electrons.